The average molecular weight is 251 g/mol. The summed E-state index contributed by atoms with van der Waals surface area (Å²) < 4.78 is 0. The predicted octanol–water partition coefficient (Wildman–Crippen LogP) is 1.38. The van der Waals surface area contributed by atoms with Gasteiger partial charge in [0.05, 0.1) is 0 Å². The van der Waals surface area contributed by atoms with Gasteiger partial charge in [0.25, 0.3) is 0 Å². The summed E-state index contributed by atoms with van der Waals surface area (Å²) in [5.74, 6) is -0.539. The fourth-order valence-electron chi connectivity index (χ4n) is 1.51. The number of carbonyl (C=O) groups is 2. The molecule has 93 valence electrons. The summed E-state index contributed by atoms with van der Waals surface area (Å²) in [4.78, 5) is 23.3. The molecule has 19 heavy (non-hydrogen) atoms. The van der Waals surface area contributed by atoms with Crippen LogP contribution in [0.5, 0.6) is 0 Å². The van der Waals surface area contributed by atoms with Gasteiger partial charge in [-0.25, -0.2) is 0 Å². The van der Waals surface area contributed by atoms with E-state index in [1.807, 2.05) is 12.1 Å². The highest BCUT2D eigenvalue weighted by molar-refractivity contribution is 6.40. The molecule has 0 aliphatic carbocycles. The standard InChI is InChI=1S/C14H12BN2O2/c18-13(11-7-3-1-4-8-11)16-15-17-14(19)12-9-5-2-6-10-12/h1-10H,(H,16,18)(H,17,19). The molecule has 5 heteroatoms. The Balaban J connectivity index is 1.81. The van der Waals surface area contributed by atoms with E-state index < -0.39 is 0 Å². The second-order valence-electron chi connectivity index (χ2n) is 3.82. The maximum atomic E-state index is 11.7. The summed E-state index contributed by atoms with van der Waals surface area (Å²) in [5.41, 5.74) is 1.07. The van der Waals surface area contributed by atoms with Crippen molar-refractivity contribution in [2.45, 2.75) is 0 Å². The lowest BCUT2D eigenvalue weighted by Gasteiger charge is -2.05. The molecule has 2 amide bonds. The van der Waals surface area contributed by atoms with Gasteiger partial charge in [0.1, 0.15) is 0 Å². The van der Waals surface area contributed by atoms with Gasteiger partial charge in [-0.15, -0.1) is 0 Å². The summed E-state index contributed by atoms with van der Waals surface area (Å²) >= 11 is 0. The highest BCUT2D eigenvalue weighted by atomic mass is 16.2. The van der Waals surface area contributed by atoms with Crippen LogP contribution < -0.4 is 10.5 Å². The van der Waals surface area contributed by atoms with E-state index in [9.17, 15) is 9.59 Å². The zero-order chi connectivity index (χ0) is 13.5. The van der Waals surface area contributed by atoms with Gasteiger partial charge in [-0.05, 0) is 24.3 Å². The Morgan fingerprint density at radius 3 is 1.42 bits per heavy atom. The molecule has 0 aliphatic rings. The zero-order valence-electron chi connectivity index (χ0n) is 10.2. The SMILES string of the molecule is O=C(N[B]NC(=O)c1ccccc1)c1ccccc1. The molecule has 0 heterocycles. The van der Waals surface area contributed by atoms with Crippen LogP contribution in [0.3, 0.4) is 0 Å². The van der Waals surface area contributed by atoms with Gasteiger partial charge >= 0.3 is 7.55 Å². The lowest BCUT2D eigenvalue weighted by atomic mass is 10.1. The molecule has 0 spiro atoms. The highest BCUT2D eigenvalue weighted by Gasteiger charge is 2.08. The number of amides is 2. The maximum absolute atomic E-state index is 11.7. The summed E-state index contributed by atoms with van der Waals surface area (Å²) in [6.07, 6.45) is 0. The first-order chi connectivity index (χ1) is 9.27. The molecule has 0 aliphatic heterocycles. The van der Waals surface area contributed by atoms with Crippen LogP contribution in [0.1, 0.15) is 20.7 Å². The number of hydrogen-bond acceptors (Lipinski definition) is 2. The summed E-state index contributed by atoms with van der Waals surface area (Å²) in [7, 11) is 1.24. The maximum Gasteiger partial charge on any atom is 0.390 e. The van der Waals surface area contributed by atoms with E-state index in [4.69, 9.17) is 0 Å². The molecule has 2 rings (SSSR count). The Morgan fingerprint density at radius 1 is 0.684 bits per heavy atom. The van der Waals surface area contributed by atoms with E-state index in [0.717, 1.165) is 0 Å². The van der Waals surface area contributed by atoms with Crippen LogP contribution in [-0.4, -0.2) is 19.4 Å². The van der Waals surface area contributed by atoms with Crippen molar-refractivity contribution in [1.82, 2.24) is 10.5 Å². The number of nitrogens with one attached hydrogen (secondary N) is 2. The van der Waals surface area contributed by atoms with Gasteiger partial charge in [-0.2, -0.15) is 0 Å². The molecule has 0 aromatic heterocycles. The summed E-state index contributed by atoms with van der Waals surface area (Å²) in [6.45, 7) is 0. The Morgan fingerprint density at radius 2 is 1.05 bits per heavy atom. The van der Waals surface area contributed by atoms with E-state index in [-0.39, 0.29) is 11.8 Å². The molecule has 0 atom stereocenters. The molecule has 1 radical (unpaired) electrons. The van der Waals surface area contributed by atoms with Crippen LogP contribution in [-0.2, 0) is 0 Å². The smallest absolute Gasteiger partial charge is 0.379 e. The lowest BCUT2D eigenvalue weighted by molar-refractivity contribution is 0.0974. The second-order valence-corrected chi connectivity index (χ2v) is 3.82. The summed E-state index contributed by atoms with van der Waals surface area (Å²) in [6, 6.07) is 17.5. The minimum atomic E-state index is -0.269. The minimum absolute atomic E-state index is 0.269. The van der Waals surface area contributed by atoms with E-state index >= 15 is 0 Å². The average Bonchev–Trinajstić information content (AvgIpc) is 2.49. The van der Waals surface area contributed by atoms with Crippen molar-refractivity contribution >= 4 is 19.4 Å². The molecule has 0 saturated heterocycles. The number of carbonyl (C=O) groups excluding carboxylic acids is 2. The van der Waals surface area contributed by atoms with Crippen molar-refractivity contribution in [2.24, 2.45) is 0 Å². The summed E-state index contributed by atoms with van der Waals surface area (Å²) in [5, 5.41) is 5.01. The first-order valence-corrected chi connectivity index (χ1v) is 5.81. The fourth-order valence-corrected chi connectivity index (χ4v) is 1.51. The van der Waals surface area contributed by atoms with E-state index in [1.165, 1.54) is 7.55 Å². The van der Waals surface area contributed by atoms with E-state index in [0.29, 0.717) is 11.1 Å². The normalized spacial score (nSPS) is 9.47. The van der Waals surface area contributed by atoms with Crippen LogP contribution in [0.4, 0.5) is 0 Å². The van der Waals surface area contributed by atoms with Crippen molar-refractivity contribution < 1.29 is 9.59 Å². The third-order valence-electron chi connectivity index (χ3n) is 2.48. The van der Waals surface area contributed by atoms with Crippen LogP contribution in [0, 0.1) is 0 Å². The second kappa shape index (κ2) is 6.40. The van der Waals surface area contributed by atoms with Gasteiger partial charge in [0.2, 0.25) is 11.8 Å². The number of rotatable bonds is 4. The molecular formula is C14H12BN2O2. The highest BCUT2D eigenvalue weighted by Crippen LogP contribution is 1.98. The molecular weight excluding hydrogens is 239 g/mol. The van der Waals surface area contributed by atoms with E-state index in [2.05, 4.69) is 10.5 Å². The van der Waals surface area contributed by atoms with Crippen molar-refractivity contribution in [3.63, 3.8) is 0 Å². The largest absolute Gasteiger partial charge is 0.390 e. The van der Waals surface area contributed by atoms with E-state index in [1.54, 1.807) is 48.5 Å². The van der Waals surface area contributed by atoms with Crippen LogP contribution in [0.25, 0.3) is 0 Å². The van der Waals surface area contributed by atoms with Gasteiger partial charge in [-0.1, -0.05) is 36.4 Å². The van der Waals surface area contributed by atoms with Crippen molar-refractivity contribution in [2.75, 3.05) is 0 Å². The molecule has 0 unspecified atom stereocenters. The minimum Gasteiger partial charge on any atom is -0.379 e. The Labute approximate surface area is 112 Å². The van der Waals surface area contributed by atoms with Crippen molar-refractivity contribution in [3.05, 3.63) is 71.8 Å². The first kappa shape index (κ1) is 12.9. The molecule has 0 fully saturated rings. The number of hydrogen-bond donors (Lipinski definition) is 2. The Hall–Kier alpha value is -2.56. The lowest BCUT2D eigenvalue weighted by Crippen LogP contribution is -2.40. The molecule has 2 N–H and O–H groups in total. The predicted molar refractivity (Wildman–Crippen MR) is 73.6 cm³/mol. The third kappa shape index (κ3) is 3.71. The molecule has 2 aromatic carbocycles. The zero-order valence-corrected chi connectivity index (χ0v) is 10.2. The van der Waals surface area contributed by atoms with Crippen molar-refractivity contribution in [3.8, 4) is 0 Å². The topological polar surface area (TPSA) is 58.2 Å². The molecule has 4 nitrogen and oxygen atoms in total. The van der Waals surface area contributed by atoms with Gasteiger partial charge in [-0.3, -0.25) is 9.59 Å². The molecule has 0 bridgehead atoms. The van der Waals surface area contributed by atoms with Crippen molar-refractivity contribution in [1.29, 1.82) is 0 Å². The first-order valence-electron chi connectivity index (χ1n) is 5.81. The molecule has 0 saturated carbocycles. The van der Waals surface area contributed by atoms with Gasteiger partial charge in [0.15, 0.2) is 0 Å². The number of benzene rings is 2. The van der Waals surface area contributed by atoms with Crippen LogP contribution in [0.15, 0.2) is 60.7 Å². The van der Waals surface area contributed by atoms with Gasteiger partial charge < -0.3 is 10.5 Å². The van der Waals surface area contributed by atoms with Gasteiger partial charge in [0, 0.05) is 11.1 Å². The Kier molecular flexibility index (Phi) is 4.34. The fraction of sp³-hybridized carbons (Fsp3) is 0. The quantitative estimate of drug-likeness (QED) is 0.806. The molecule has 2 aromatic rings. The van der Waals surface area contributed by atoms with Crippen LogP contribution in [0.2, 0.25) is 0 Å². The Bertz CT molecular complexity index is 507. The monoisotopic (exact) mass is 251 g/mol. The van der Waals surface area contributed by atoms with Crippen LogP contribution >= 0.6 is 0 Å². The third-order valence-corrected chi connectivity index (χ3v) is 2.48.